The first kappa shape index (κ1) is 11.6. The third-order valence-corrected chi connectivity index (χ3v) is 3.34. The molecule has 1 nitrogen and oxygen atoms in total. The van der Waals surface area contributed by atoms with Crippen molar-refractivity contribution in [1.29, 1.82) is 0 Å². The summed E-state index contributed by atoms with van der Waals surface area (Å²) in [5, 5.41) is 0. The van der Waals surface area contributed by atoms with Crippen molar-refractivity contribution in [2.24, 2.45) is 5.73 Å². The summed E-state index contributed by atoms with van der Waals surface area (Å²) in [7, 11) is 0. The van der Waals surface area contributed by atoms with E-state index in [2.05, 4.69) is 19.1 Å². The summed E-state index contributed by atoms with van der Waals surface area (Å²) in [6.07, 6.45) is 2.57. The smallest absolute Gasteiger partial charge is 0.0386 e. The number of unbranched alkanes of at least 4 members (excludes halogenated alkanes) is 1. The fraction of sp³-hybridized carbons (Fsp3) is 0.500. The van der Waals surface area contributed by atoms with Crippen LogP contribution in [0.3, 0.4) is 0 Å². The first-order valence-electron chi connectivity index (χ1n) is 5.23. The van der Waals surface area contributed by atoms with Gasteiger partial charge in [-0.15, -0.1) is 0 Å². The van der Waals surface area contributed by atoms with Crippen LogP contribution in [0.15, 0.2) is 30.3 Å². The van der Waals surface area contributed by atoms with Crippen molar-refractivity contribution in [3.63, 3.8) is 0 Å². The molecule has 78 valence electrons. The first-order valence-corrected chi connectivity index (χ1v) is 6.38. The van der Waals surface area contributed by atoms with Crippen LogP contribution in [-0.2, 0) is 0 Å². The zero-order valence-corrected chi connectivity index (χ0v) is 9.59. The molecule has 0 radical (unpaired) electrons. The number of thioether (sulfide) groups is 1. The van der Waals surface area contributed by atoms with Crippen LogP contribution in [0, 0.1) is 0 Å². The second-order valence-electron chi connectivity index (χ2n) is 3.45. The molecule has 0 saturated heterocycles. The number of nitrogens with two attached hydrogens (primary N) is 1. The molecule has 14 heavy (non-hydrogen) atoms. The molecule has 1 rings (SSSR count). The molecule has 1 unspecified atom stereocenters. The van der Waals surface area contributed by atoms with Gasteiger partial charge in [0.05, 0.1) is 0 Å². The molecule has 0 aliphatic rings. The van der Waals surface area contributed by atoms with E-state index in [1.165, 1.54) is 24.2 Å². The average Bonchev–Trinajstić information content (AvgIpc) is 2.25. The highest BCUT2D eigenvalue weighted by molar-refractivity contribution is 7.99. The predicted molar refractivity (Wildman–Crippen MR) is 65.6 cm³/mol. The van der Waals surface area contributed by atoms with Gasteiger partial charge in [-0.3, -0.25) is 0 Å². The minimum Gasteiger partial charge on any atom is -0.323 e. The highest BCUT2D eigenvalue weighted by Crippen LogP contribution is 2.16. The zero-order valence-electron chi connectivity index (χ0n) is 8.78. The Labute approximate surface area is 91.1 Å². The van der Waals surface area contributed by atoms with E-state index in [1.807, 2.05) is 30.0 Å². The third-order valence-electron chi connectivity index (χ3n) is 2.17. The van der Waals surface area contributed by atoms with Gasteiger partial charge in [0.2, 0.25) is 0 Å². The topological polar surface area (TPSA) is 26.0 Å². The summed E-state index contributed by atoms with van der Waals surface area (Å²) in [5.41, 5.74) is 7.30. The summed E-state index contributed by atoms with van der Waals surface area (Å²) in [4.78, 5) is 0. The molecule has 0 bridgehead atoms. The summed E-state index contributed by atoms with van der Waals surface area (Å²) >= 11 is 1.96. The fourth-order valence-electron chi connectivity index (χ4n) is 1.25. The van der Waals surface area contributed by atoms with E-state index < -0.39 is 0 Å². The molecular formula is C12H19NS. The Hall–Kier alpha value is -0.470. The lowest BCUT2D eigenvalue weighted by molar-refractivity contribution is 0.827. The molecule has 0 saturated carbocycles. The lowest BCUT2D eigenvalue weighted by Crippen LogP contribution is -2.12. The van der Waals surface area contributed by atoms with Crippen LogP contribution in [-0.4, -0.2) is 11.5 Å². The molecule has 2 N–H and O–H groups in total. The van der Waals surface area contributed by atoms with Crippen molar-refractivity contribution in [2.75, 3.05) is 11.5 Å². The maximum absolute atomic E-state index is 6.06. The van der Waals surface area contributed by atoms with Gasteiger partial charge in [0.25, 0.3) is 0 Å². The van der Waals surface area contributed by atoms with Gasteiger partial charge >= 0.3 is 0 Å². The van der Waals surface area contributed by atoms with Gasteiger partial charge in [-0.25, -0.2) is 0 Å². The molecule has 0 heterocycles. The van der Waals surface area contributed by atoms with Gasteiger partial charge < -0.3 is 5.73 Å². The zero-order chi connectivity index (χ0) is 10.2. The van der Waals surface area contributed by atoms with Gasteiger partial charge in [0, 0.05) is 11.8 Å². The van der Waals surface area contributed by atoms with Crippen LogP contribution in [0.25, 0.3) is 0 Å². The number of hydrogen-bond acceptors (Lipinski definition) is 2. The fourth-order valence-corrected chi connectivity index (χ4v) is 2.36. The van der Waals surface area contributed by atoms with Gasteiger partial charge in [-0.1, -0.05) is 43.7 Å². The van der Waals surface area contributed by atoms with E-state index in [0.29, 0.717) is 0 Å². The second kappa shape index (κ2) is 6.91. The number of rotatable bonds is 6. The van der Waals surface area contributed by atoms with Crippen molar-refractivity contribution in [1.82, 2.24) is 0 Å². The highest BCUT2D eigenvalue weighted by atomic mass is 32.2. The molecule has 0 aliphatic carbocycles. The third kappa shape index (κ3) is 4.16. The van der Waals surface area contributed by atoms with E-state index in [0.717, 1.165) is 5.75 Å². The quantitative estimate of drug-likeness (QED) is 0.728. The Morgan fingerprint density at radius 3 is 2.64 bits per heavy atom. The normalized spacial score (nSPS) is 12.7. The summed E-state index contributed by atoms with van der Waals surface area (Å²) in [5.74, 6) is 2.26. The molecule has 1 aromatic carbocycles. The molecule has 0 aromatic heterocycles. The number of benzene rings is 1. The van der Waals surface area contributed by atoms with Crippen LogP contribution in [0.1, 0.15) is 31.4 Å². The van der Waals surface area contributed by atoms with E-state index in [-0.39, 0.29) is 6.04 Å². The Morgan fingerprint density at radius 2 is 2.00 bits per heavy atom. The largest absolute Gasteiger partial charge is 0.323 e. The molecule has 0 amide bonds. The van der Waals surface area contributed by atoms with Crippen molar-refractivity contribution in [2.45, 2.75) is 25.8 Å². The van der Waals surface area contributed by atoms with Crippen molar-refractivity contribution < 1.29 is 0 Å². The first-order chi connectivity index (χ1) is 6.84. The molecule has 0 fully saturated rings. The average molecular weight is 209 g/mol. The Balaban J connectivity index is 2.25. The van der Waals surface area contributed by atoms with Gasteiger partial charge in [0.15, 0.2) is 0 Å². The van der Waals surface area contributed by atoms with Gasteiger partial charge in [0.1, 0.15) is 0 Å². The molecule has 1 aromatic rings. The van der Waals surface area contributed by atoms with Crippen LogP contribution >= 0.6 is 11.8 Å². The lowest BCUT2D eigenvalue weighted by atomic mass is 10.1. The minimum absolute atomic E-state index is 0.193. The van der Waals surface area contributed by atoms with Crippen LogP contribution in [0.5, 0.6) is 0 Å². The Morgan fingerprint density at radius 1 is 1.29 bits per heavy atom. The molecular weight excluding hydrogens is 190 g/mol. The lowest BCUT2D eigenvalue weighted by Gasteiger charge is -2.10. The maximum atomic E-state index is 6.06. The molecule has 1 atom stereocenters. The molecule has 0 aliphatic heterocycles. The van der Waals surface area contributed by atoms with Crippen LogP contribution in [0.2, 0.25) is 0 Å². The van der Waals surface area contributed by atoms with Crippen molar-refractivity contribution in [3.05, 3.63) is 35.9 Å². The highest BCUT2D eigenvalue weighted by Gasteiger charge is 2.03. The summed E-state index contributed by atoms with van der Waals surface area (Å²) in [6, 6.07) is 10.5. The summed E-state index contributed by atoms with van der Waals surface area (Å²) in [6.45, 7) is 2.22. The molecule has 2 heteroatoms. The second-order valence-corrected chi connectivity index (χ2v) is 4.60. The van der Waals surface area contributed by atoms with Gasteiger partial charge in [-0.2, -0.15) is 11.8 Å². The van der Waals surface area contributed by atoms with Crippen molar-refractivity contribution >= 4 is 11.8 Å². The maximum Gasteiger partial charge on any atom is 0.0386 e. The van der Waals surface area contributed by atoms with E-state index in [9.17, 15) is 0 Å². The van der Waals surface area contributed by atoms with Crippen LogP contribution < -0.4 is 5.73 Å². The van der Waals surface area contributed by atoms with E-state index in [4.69, 9.17) is 5.73 Å². The van der Waals surface area contributed by atoms with Gasteiger partial charge in [-0.05, 0) is 17.7 Å². The number of hydrogen-bond donors (Lipinski definition) is 1. The monoisotopic (exact) mass is 209 g/mol. The standard InChI is InChI=1S/C12H19NS/c1-2-3-9-14-10-12(13)11-7-5-4-6-8-11/h4-8,12H,2-3,9-10,13H2,1H3. The summed E-state index contributed by atoms with van der Waals surface area (Å²) < 4.78 is 0. The SMILES string of the molecule is CCCCSCC(N)c1ccccc1. The minimum atomic E-state index is 0.193. The molecule has 0 spiro atoms. The van der Waals surface area contributed by atoms with E-state index >= 15 is 0 Å². The predicted octanol–water partition coefficient (Wildman–Crippen LogP) is 3.22. The Kier molecular flexibility index (Phi) is 5.72. The van der Waals surface area contributed by atoms with E-state index in [1.54, 1.807) is 0 Å². The van der Waals surface area contributed by atoms with Crippen molar-refractivity contribution in [3.8, 4) is 0 Å². The Bertz CT molecular complexity index is 235. The van der Waals surface area contributed by atoms with Crippen LogP contribution in [0.4, 0.5) is 0 Å².